The van der Waals surface area contributed by atoms with Crippen LogP contribution in [0.5, 0.6) is 11.5 Å². The first-order valence-electron chi connectivity index (χ1n) is 14.4. The highest BCUT2D eigenvalue weighted by Gasteiger charge is 2.14. The standard InChI is InChI=1S/C39H32O3/c1-25-30-11-3-7-15-34(30)38(35-16-8-4-12-31(25)35)23-41-28-19-27(22-40)20-29(21-28)42-24-39-36-17-9-5-13-32(36)26(2)33-14-6-10-18-37(33)39/h3-21,40H,22-24H2,1-2H3. The number of benzene rings is 7. The van der Waals surface area contributed by atoms with Gasteiger partial charge in [0.1, 0.15) is 24.7 Å². The van der Waals surface area contributed by atoms with Gasteiger partial charge in [0.15, 0.2) is 0 Å². The van der Waals surface area contributed by atoms with Gasteiger partial charge in [0.05, 0.1) is 6.61 Å². The molecule has 0 saturated heterocycles. The molecule has 42 heavy (non-hydrogen) atoms. The van der Waals surface area contributed by atoms with Crippen LogP contribution in [0.4, 0.5) is 0 Å². The third-order valence-electron chi connectivity index (χ3n) is 8.51. The first-order chi connectivity index (χ1) is 20.6. The van der Waals surface area contributed by atoms with Gasteiger partial charge in [-0.05, 0) is 85.8 Å². The number of hydrogen-bond donors (Lipinski definition) is 1. The molecule has 7 aromatic carbocycles. The maximum absolute atomic E-state index is 10.1. The lowest BCUT2D eigenvalue weighted by Crippen LogP contribution is -2.02. The predicted octanol–water partition coefficient (Wildman–Crippen LogP) is 9.57. The fourth-order valence-corrected chi connectivity index (χ4v) is 6.38. The molecule has 1 N–H and O–H groups in total. The fourth-order valence-electron chi connectivity index (χ4n) is 6.38. The van der Waals surface area contributed by atoms with E-state index in [4.69, 9.17) is 9.47 Å². The van der Waals surface area contributed by atoms with Crippen LogP contribution in [-0.2, 0) is 19.8 Å². The SMILES string of the molecule is Cc1c2ccccc2c(COc2cc(CO)cc(OCc3c4ccccc4c(C)c4ccccc34)c2)c2ccccc12. The van der Waals surface area contributed by atoms with Crippen molar-refractivity contribution in [3.05, 3.63) is 143 Å². The van der Waals surface area contributed by atoms with E-state index in [1.807, 2.05) is 18.2 Å². The van der Waals surface area contributed by atoms with Crippen molar-refractivity contribution in [2.75, 3.05) is 0 Å². The molecule has 3 nitrogen and oxygen atoms in total. The molecule has 7 aromatic rings. The summed E-state index contributed by atoms with van der Waals surface area (Å²) in [6.45, 7) is 5.08. The smallest absolute Gasteiger partial charge is 0.123 e. The van der Waals surface area contributed by atoms with Crippen LogP contribution in [0.15, 0.2) is 115 Å². The Hall–Kier alpha value is -4.86. The Bertz CT molecular complexity index is 1850. The summed E-state index contributed by atoms with van der Waals surface area (Å²) in [5.74, 6) is 1.34. The summed E-state index contributed by atoms with van der Waals surface area (Å²) in [5.41, 5.74) is 5.61. The molecule has 0 amide bonds. The molecule has 0 fully saturated rings. The van der Waals surface area contributed by atoms with Crippen molar-refractivity contribution >= 4 is 43.1 Å². The van der Waals surface area contributed by atoms with Gasteiger partial charge in [0.2, 0.25) is 0 Å². The maximum atomic E-state index is 10.1. The summed E-state index contributed by atoms with van der Waals surface area (Å²) in [4.78, 5) is 0. The largest absolute Gasteiger partial charge is 0.489 e. The second-order valence-corrected chi connectivity index (χ2v) is 10.9. The summed E-state index contributed by atoms with van der Waals surface area (Å²) in [7, 11) is 0. The Morgan fingerprint density at radius 1 is 0.452 bits per heavy atom. The lowest BCUT2D eigenvalue weighted by Gasteiger charge is -2.17. The van der Waals surface area contributed by atoms with Gasteiger partial charge in [-0.15, -0.1) is 0 Å². The fraction of sp³-hybridized carbons (Fsp3) is 0.128. The molecule has 0 heterocycles. The number of rotatable bonds is 7. The van der Waals surface area contributed by atoms with Gasteiger partial charge >= 0.3 is 0 Å². The van der Waals surface area contributed by atoms with Gasteiger partial charge in [-0.1, -0.05) is 97.1 Å². The highest BCUT2D eigenvalue weighted by atomic mass is 16.5. The van der Waals surface area contributed by atoms with Gasteiger partial charge in [-0.2, -0.15) is 0 Å². The van der Waals surface area contributed by atoms with Crippen molar-refractivity contribution < 1.29 is 14.6 Å². The molecule has 0 aliphatic rings. The van der Waals surface area contributed by atoms with Gasteiger partial charge in [0, 0.05) is 17.2 Å². The first kappa shape index (κ1) is 26.1. The number of ether oxygens (including phenoxy) is 2. The number of aliphatic hydroxyl groups is 1. The molecule has 0 aromatic heterocycles. The summed E-state index contributed by atoms with van der Waals surface area (Å²) < 4.78 is 12.9. The van der Waals surface area contributed by atoms with E-state index in [0.717, 1.165) is 16.7 Å². The van der Waals surface area contributed by atoms with Crippen LogP contribution in [-0.4, -0.2) is 5.11 Å². The Balaban J connectivity index is 1.23. The minimum absolute atomic E-state index is 0.0969. The van der Waals surface area contributed by atoms with Crippen LogP contribution in [0.2, 0.25) is 0 Å². The molecule has 0 radical (unpaired) electrons. The van der Waals surface area contributed by atoms with E-state index in [2.05, 4.69) is 111 Å². The highest BCUT2D eigenvalue weighted by Crippen LogP contribution is 2.35. The zero-order valence-electron chi connectivity index (χ0n) is 23.9. The molecule has 0 unspecified atom stereocenters. The van der Waals surface area contributed by atoms with E-state index >= 15 is 0 Å². The maximum Gasteiger partial charge on any atom is 0.123 e. The van der Waals surface area contributed by atoms with Crippen molar-refractivity contribution in [2.45, 2.75) is 33.7 Å². The second kappa shape index (κ2) is 10.8. The molecule has 7 rings (SSSR count). The molecule has 0 aliphatic carbocycles. The Morgan fingerprint density at radius 3 is 1.07 bits per heavy atom. The predicted molar refractivity (Wildman–Crippen MR) is 173 cm³/mol. The van der Waals surface area contributed by atoms with E-state index in [9.17, 15) is 5.11 Å². The molecule has 206 valence electrons. The average molecular weight is 549 g/mol. The molecule has 0 spiro atoms. The molecular formula is C39H32O3. The van der Waals surface area contributed by atoms with Gasteiger partial charge < -0.3 is 14.6 Å². The number of aliphatic hydroxyl groups excluding tert-OH is 1. The van der Waals surface area contributed by atoms with E-state index in [1.54, 1.807) is 0 Å². The van der Waals surface area contributed by atoms with E-state index < -0.39 is 0 Å². The second-order valence-electron chi connectivity index (χ2n) is 10.9. The zero-order chi connectivity index (χ0) is 28.6. The molecule has 0 atom stereocenters. The number of aryl methyl sites for hydroxylation is 2. The lowest BCUT2D eigenvalue weighted by atomic mass is 9.93. The Kier molecular flexibility index (Phi) is 6.73. The normalized spacial score (nSPS) is 11.5. The number of fused-ring (bicyclic) bond motifs is 4. The molecule has 3 heteroatoms. The molecule has 0 bridgehead atoms. The van der Waals surface area contributed by atoms with Crippen LogP contribution < -0.4 is 9.47 Å². The summed E-state index contributed by atoms with van der Waals surface area (Å²) >= 11 is 0. The van der Waals surface area contributed by atoms with E-state index in [0.29, 0.717) is 24.7 Å². The van der Waals surface area contributed by atoms with Crippen LogP contribution in [0.1, 0.15) is 27.8 Å². The van der Waals surface area contributed by atoms with E-state index in [1.165, 1.54) is 54.2 Å². The minimum atomic E-state index is -0.0969. The van der Waals surface area contributed by atoms with Crippen LogP contribution >= 0.6 is 0 Å². The van der Waals surface area contributed by atoms with Crippen molar-refractivity contribution in [1.82, 2.24) is 0 Å². The van der Waals surface area contributed by atoms with Crippen molar-refractivity contribution in [3.63, 3.8) is 0 Å². The monoisotopic (exact) mass is 548 g/mol. The van der Waals surface area contributed by atoms with Crippen LogP contribution in [0, 0.1) is 13.8 Å². The van der Waals surface area contributed by atoms with Crippen molar-refractivity contribution in [1.29, 1.82) is 0 Å². The average Bonchev–Trinajstić information content (AvgIpc) is 3.04. The van der Waals surface area contributed by atoms with E-state index in [-0.39, 0.29) is 6.61 Å². The number of hydrogen-bond acceptors (Lipinski definition) is 3. The topological polar surface area (TPSA) is 38.7 Å². The summed E-state index contributed by atoms with van der Waals surface area (Å²) in [5, 5.41) is 19.8. The van der Waals surface area contributed by atoms with Gasteiger partial charge in [-0.3, -0.25) is 0 Å². The Morgan fingerprint density at radius 2 is 0.762 bits per heavy atom. The first-order valence-corrected chi connectivity index (χ1v) is 14.4. The summed E-state index contributed by atoms with van der Waals surface area (Å²) in [6.07, 6.45) is 0. The van der Waals surface area contributed by atoms with Gasteiger partial charge in [0.25, 0.3) is 0 Å². The quantitative estimate of drug-likeness (QED) is 0.202. The zero-order valence-corrected chi connectivity index (χ0v) is 23.9. The third kappa shape index (κ3) is 4.52. The minimum Gasteiger partial charge on any atom is -0.489 e. The van der Waals surface area contributed by atoms with Crippen LogP contribution in [0.3, 0.4) is 0 Å². The van der Waals surface area contributed by atoms with Gasteiger partial charge in [-0.25, -0.2) is 0 Å². The van der Waals surface area contributed by atoms with Crippen molar-refractivity contribution in [3.8, 4) is 11.5 Å². The third-order valence-corrected chi connectivity index (χ3v) is 8.51. The lowest BCUT2D eigenvalue weighted by molar-refractivity contribution is 0.271. The Labute approximate surface area is 245 Å². The molecular weight excluding hydrogens is 516 g/mol. The van der Waals surface area contributed by atoms with Crippen LogP contribution in [0.25, 0.3) is 43.1 Å². The highest BCUT2D eigenvalue weighted by molar-refractivity contribution is 6.06. The van der Waals surface area contributed by atoms with Crippen molar-refractivity contribution in [2.24, 2.45) is 0 Å². The molecule has 0 saturated carbocycles. The molecule has 0 aliphatic heterocycles. The summed E-state index contributed by atoms with van der Waals surface area (Å²) in [6, 6.07) is 39.8.